The van der Waals surface area contributed by atoms with E-state index in [0.717, 1.165) is 35.8 Å². The number of fused-ring (bicyclic) bond motifs is 3. The van der Waals surface area contributed by atoms with Gasteiger partial charge in [-0.05, 0) is 31.2 Å². The van der Waals surface area contributed by atoms with Gasteiger partial charge in [0.05, 0.1) is 17.4 Å². The maximum absolute atomic E-state index is 13.0. The molecule has 24 heavy (non-hydrogen) atoms. The number of ether oxygens (including phenoxy) is 1. The van der Waals surface area contributed by atoms with Crippen molar-refractivity contribution in [1.29, 1.82) is 0 Å². The first-order valence-corrected chi connectivity index (χ1v) is 8.31. The van der Waals surface area contributed by atoms with E-state index in [2.05, 4.69) is 9.88 Å². The average molecular weight is 323 g/mol. The van der Waals surface area contributed by atoms with Gasteiger partial charge in [0.15, 0.2) is 0 Å². The first-order valence-electron chi connectivity index (χ1n) is 8.31. The molecule has 5 nitrogen and oxygen atoms in total. The quantitative estimate of drug-likeness (QED) is 0.851. The molecule has 1 saturated heterocycles. The lowest BCUT2D eigenvalue weighted by molar-refractivity contribution is -0.122. The second-order valence-corrected chi connectivity index (χ2v) is 6.56. The van der Waals surface area contributed by atoms with Gasteiger partial charge in [-0.2, -0.15) is 0 Å². The molecule has 0 radical (unpaired) electrons. The number of aromatic nitrogens is 1. The third-order valence-electron chi connectivity index (χ3n) is 4.81. The van der Waals surface area contributed by atoms with Gasteiger partial charge in [-0.1, -0.05) is 18.2 Å². The Morgan fingerprint density at radius 2 is 2.04 bits per heavy atom. The number of para-hydroxylation sites is 2. The molecule has 124 valence electrons. The Bertz CT molecular complexity index is 777. The van der Waals surface area contributed by atoms with Crippen LogP contribution in [-0.4, -0.2) is 41.5 Å². The van der Waals surface area contributed by atoms with Gasteiger partial charge in [-0.3, -0.25) is 14.7 Å². The van der Waals surface area contributed by atoms with E-state index >= 15 is 0 Å². The highest BCUT2D eigenvalue weighted by atomic mass is 16.5. The molecule has 2 aromatic rings. The Balaban J connectivity index is 1.63. The monoisotopic (exact) mass is 323 g/mol. The third-order valence-corrected chi connectivity index (χ3v) is 4.81. The van der Waals surface area contributed by atoms with E-state index < -0.39 is 0 Å². The minimum atomic E-state index is -0.157. The second-order valence-electron chi connectivity index (χ2n) is 6.56. The van der Waals surface area contributed by atoms with Crippen molar-refractivity contribution in [3.63, 3.8) is 0 Å². The van der Waals surface area contributed by atoms with Crippen LogP contribution in [-0.2, 0) is 11.3 Å². The molecule has 1 aromatic carbocycles. The molecule has 2 unspecified atom stereocenters. The number of carbonyl (C=O) groups excluding carboxylic acids is 1. The van der Waals surface area contributed by atoms with Crippen LogP contribution in [0.4, 0.5) is 5.69 Å². The number of hydrogen-bond donors (Lipinski definition) is 0. The topological polar surface area (TPSA) is 45.7 Å². The Hall–Kier alpha value is -2.40. The van der Waals surface area contributed by atoms with Crippen LogP contribution in [0.1, 0.15) is 17.8 Å². The summed E-state index contributed by atoms with van der Waals surface area (Å²) in [6.07, 6.45) is 0.766. The lowest BCUT2D eigenvalue weighted by atomic mass is 10.1. The van der Waals surface area contributed by atoms with E-state index in [1.807, 2.05) is 56.4 Å². The summed E-state index contributed by atoms with van der Waals surface area (Å²) in [6, 6.07) is 13.6. The molecule has 2 bridgehead atoms. The molecule has 2 aliphatic rings. The first-order chi connectivity index (χ1) is 11.6. The van der Waals surface area contributed by atoms with Crippen molar-refractivity contribution in [2.24, 2.45) is 0 Å². The number of hydrogen-bond acceptors (Lipinski definition) is 4. The Morgan fingerprint density at radius 1 is 1.21 bits per heavy atom. The van der Waals surface area contributed by atoms with Gasteiger partial charge in [0.1, 0.15) is 11.9 Å². The number of likely N-dealkylation sites (N-methyl/N-ethyl adjacent to an activating group) is 1. The lowest BCUT2D eigenvalue weighted by Gasteiger charge is -2.29. The molecule has 0 saturated carbocycles. The van der Waals surface area contributed by atoms with Crippen molar-refractivity contribution < 1.29 is 9.53 Å². The van der Waals surface area contributed by atoms with Crippen LogP contribution in [0, 0.1) is 6.92 Å². The highest BCUT2D eigenvalue weighted by Crippen LogP contribution is 2.35. The van der Waals surface area contributed by atoms with Crippen molar-refractivity contribution in [3.8, 4) is 5.75 Å². The van der Waals surface area contributed by atoms with Crippen LogP contribution in [0.3, 0.4) is 0 Å². The zero-order valence-corrected chi connectivity index (χ0v) is 14.0. The molecule has 5 heteroatoms. The number of carbonyl (C=O) groups is 1. The van der Waals surface area contributed by atoms with E-state index in [9.17, 15) is 4.79 Å². The summed E-state index contributed by atoms with van der Waals surface area (Å²) in [5, 5.41) is 0. The summed E-state index contributed by atoms with van der Waals surface area (Å²) in [5.41, 5.74) is 2.83. The molecule has 4 rings (SSSR count). The fraction of sp³-hybridized carbons (Fsp3) is 0.368. The molecule has 0 aliphatic carbocycles. The van der Waals surface area contributed by atoms with Crippen LogP contribution in [0.2, 0.25) is 0 Å². The van der Waals surface area contributed by atoms with Crippen molar-refractivity contribution in [3.05, 3.63) is 53.9 Å². The number of pyridine rings is 1. The van der Waals surface area contributed by atoms with E-state index in [4.69, 9.17) is 4.74 Å². The smallest absolute Gasteiger partial charge is 0.244 e. The largest absolute Gasteiger partial charge is 0.487 e. The van der Waals surface area contributed by atoms with Gasteiger partial charge in [-0.15, -0.1) is 0 Å². The van der Waals surface area contributed by atoms with E-state index in [1.54, 1.807) is 4.90 Å². The van der Waals surface area contributed by atoms with Crippen molar-refractivity contribution in [2.45, 2.75) is 32.0 Å². The molecule has 0 N–H and O–H groups in total. The summed E-state index contributed by atoms with van der Waals surface area (Å²) in [7, 11) is 1.83. The molecule has 1 aromatic heterocycles. The van der Waals surface area contributed by atoms with Crippen molar-refractivity contribution in [2.75, 3.05) is 18.5 Å². The van der Waals surface area contributed by atoms with E-state index in [0.29, 0.717) is 6.54 Å². The van der Waals surface area contributed by atoms with Gasteiger partial charge in [0, 0.05) is 32.3 Å². The van der Waals surface area contributed by atoms with Crippen molar-refractivity contribution in [1.82, 2.24) is 9.88 Å². The second kappa shape index (κ2) is 5.91. The van der Waals surface area contributed by atoms with Crippen LogP contribution in [0.25, 0.3) is 0 Å². The van der Waals surface area contributed by atoms with Crippen molar-refractivity contribution >= 4 is 11.6 Å². The molecule has 1 amide bonds. The standard InChI is InChI=1S/C19H21N3O2/c1-13-6-5-7-14(20-13)11-22-12-15-10-17(22)19(23)21(2)16-8-3-4-9-18(16)24-15/h3-9,15,17H,10-12H2,1-2H3. The van der Waals surface area contributed by atoms with Crippen LogP contribution < -0.4 is 9.64 Å². The lowest BCUT2D eigenvalue weighted by Crippen LogP contribution is -2.44. The maximum Gasteiger partial charge on any atom is 0.244 e. The first kappa shape index (κ1) is 15.1. The predicted octanol–water partition coefficient (Wildman–Crippen LogP) is 2.39. The van der Waals surface area contributed by atoms with Crippen LogP contribution >= 0.6 is 0 Å². The van der Waals surface area contributed by atoms with Gasteiger partial charge in [-0.25, -0.2) is 0 Å². The Labute approximate surface area is 141 Å². The molecule has 2 aliphatic heterocycles. The summed E-state index contributed by atoms with van der Waals surface area (Å²) in [4.78, 5) is 21.5. The van der Waals surface area contributed by atoms with Gasteiger partial charge < -0.3 is 9.64 Å². The Morgan fingerprint density at radius 3 is 2.88 bits per heavy atom. The molecular formula is C19H21N3O2. The predicted molar refractivity (Wildman–Crippen MR) is 92.1 cm³/mol. The average Bonchev–Trinajstić information content (AvgIpc) is 2.96. The maximum atomic E-state index is 13.0. The number of likely N-dealkylation sites (tertiary alicyclic amines) is 1. The van der Waals surface area contributed by atoms with Crippen LogP contribution in [0.5, 0.6) is 5.75 Å². The molecule has 2 atom stereocenters. The number of aryl methyl sites for hydroxylation is 1. The Kier molecular flexibility index (Phi) is 3.73. The summed E-state index contributed by atoms with van der Waals surface area (Å²) < 4.78 is 6.18. The van der Waals surface area contributed by atoms with Gasteiger partial charge in [0.25, 0.3) is 0 Å². The highest BCUT2D eigenvalue weighted by molar-refractivity contribution is 5.98. The third kappa shape index (κ3) is 2.65. The molecular weight excluding hydrogens is 302 g/mol. The molecule has 0 spiro atoms. The summed E-state index contributed by atoms with van der Waals surface area (Å²) in [6.45, 7) is 3.40. The van der Waals surface area contributed by atoms with E-state index in [1.165, 1.54) is 0 Å². The zero-order chi connectivity index (χ0) is 16.7. The van der Waals surface area contributed by atoms with Gasteiger partial charge >= 0.3 is 0 Å². The number of benzene rings is 1. The minimum absolute atomic E-state index is 0.0404. The highest BCUT2D eigenvalue weighted by Gasteiger charge is 2.41. The molecule has 3 heterocycles. The van der Waals surface area contributed by atoms with Crippen LogP contribution in [0.15, 0.2) is 42.5 Å². The fourth-order valence-electron chi connectivity index (χ4n) is 3.63. The zero-order valence-electron chi connectivity index (χ0n) is 14.0. The fourth-order valence-corrected chi connectivity index (χ4v) is 3.63. The number of rotatable bonds is 2. The number of amides is 1. The normalized spacial score (nSPS) is 23.4. The SMILES string of the molecule is Cc1cccc(CN2CC3CC2C(=O)N(C)c2ccccc2O3)n1. The number of nitrogens with zero attached hydrogens (tertiary/aromatic N) is 3. The van der Waals surface area contributed by atoms with Gasteiger partial charge in [0.2, 0.25) is 5.91 Å². The van der Waals surface area contributed by atoms with E-state index in [-0.39, 0.29) is 18.1 Å². The number of anilines is 1. The molecule has 1 fully saturated rings. The minimum Gasteiger partial charge on any atom is -0.487 e. The summed E-state index contributed by atoms with van der Waals surface area (Å²) >= 11 is 0. The summed E-state index contributed by atoms with van der Waals surface area (Å²) in [5.74, 6) is 0.910.